The van der Waals surface area contributed by atoms with Gasteiger partial charge in [0.2, 0.25) is 0 Å². The smallest absolute Gasteiger partial charge is 0.0556 e. The lowest BCUT2D eigenvalue weighted by Crippen LogP contribution is -2.25. The Kier molecular flexibility index (Phi) is 6.42. The monoisotopic (exact) mass is 243 g/mol. The van der Waals surface area contributed by atoms with E-state index in [1.54, 1.807) is 7.11 Å². The van der Waals surface area contributed by atoms with Crippen molar-refractivity contribution >= 4 is 11.6 Å². The zero-order chi connectivity index (χ0) is 11.8. The van der Waals surface area contributed by atoms with Crippen molar-refractivity contribution in [3.63, 3.8) is 0 Å². The lowest BCUT2D eigenvalue weighted by atomic mass is 10.0. The first-order valence-corrected chi connectivity index (χ1v) is 5.74. The van der Waals surface area contributed by atoms with E-state index < -0.39 is 0 Å². The third-order valence-electron chi connectivity index (χ3n) is 2.39. The molecule has 2 N–H and O–H groups in total. The average molecular weight is 244 g/mol. The van der Waals surface area contributed by atoms with E-state index in [1.807, 2.05) is 24.3 Å². The van der Waals surface area contributed by atoms with Crippen LogP contribution in [0, 0.1) is 0 Å². The number of benzene rings is 1. The molecule has 0 amide bonds. The summed E-state index contributed by atoms with van der Waals surface area (Å²) >= 11 is 5.84. The number of aliphatic hydroxyl groups is 1. The summed E-state index contributed by atoms with van der Waals surface area (Å²) in [5, 5.41) is 12.8. The molecule has 0 saturated carbocycles. The molecule has 0 fully saturated rings. The molecule has 4 heteroatoms. The number of methoxy groups -OCH3 is 1. The van der Waals surface area contributed by atoms with Crippen LogP contribution in [-0.4, -0.2) is 32.0 Å². The summed E-state index contributed by atoms with van der Waals surface area (Å²) in [7, 11) is 1.69. The summed E-state index contributed by atoms with van der Waals surface area (Å²) in [6.07, 6.45) is 0.873. The van der Waals surface area contributed by atoms with Crippen molar-refractivity contribution in [2.24, 2.45) is 0 Å². The number of hydrogen-bond acceptors (Lipinski definition) is 3. The van der Waals surface area contributed by atoms with E-state index in [4.69, 9.17) is 21.4 Å². The maximum absolute atomic E-state index is 8.82. The van der Waals surface area contributed by atoms with Crippen LogP contribution in [0.15, 0.2) is 24.3 Å². The van der Waals surface area contributed by atoms with Crippen LogP contribution < -0.4 is 5.32 Å². The van der Waals surface area contributed by atoms with Gasteiger partial charge in [-0.05, 0) is 24.1 Å². The molecule has 0 radical (unpaired) electrons. The first-order chi connectivity index (χ1) is 7.77. The van der Waals surface area contributed by atoms with E-state index in [0.717, 1.165) is 17.0 Å². The summed E-state index contributed by atoms with van der Waals surface area (Å²) in [5.41, 5.74) is 1.16. The van der Waals surface area contributed by atoms with Gasteiger partial charge in [0, 0.05) is 31.3 Å². The highest BCUT2D eigenvalue weighted by Gasteiger charge is 2.09. The number of nitrogens with one attached hydrogen (secondary N) is 1. The molecule has 3 nitrogen and oxygen atoms in total. The Labute approximate surface area is 101 Å². The molecule has 1 aromatic rings. The van der Waals surface area contributed by atoms with Crippen LogP contribution in [0.4, 0.5) is 0 Å². The van der Waals surface area contributed by atoms with Crippen LogP contribution in [-0.2, 0) is 4.74 Å². The van der Waals surface area contributed by atoms with Crippen LogP contribution in [0.25, 0.3) is 0 Å². The van der Waals surface area contributed by atoms with Crippen molar-refractivity contribution in [3.05, 3.63) is 34.9 Å². The number of ether oxygens (including phenoxy) is 1. The molecule has 1 aromatic carbocycles. The van der Waals surface area contributed by atoms with Gasteiger partial charge in [0.15, 0.2) is 0 Å². The van der Waals surface area contributed by atoms with Gasteiger partial charge >= 0.3 is 0 Å². The highest BCUT2D eigenvalue weighted by Crippen LogP contribution is 2.19. The maximum Gasteiger partial charge on any atom is 0.0556 e. The highest BCUT2D eigenvalue weighted by atomic mass is 35.5. The average Bonchev–Trinajstić information content (AvgIpc) is 2.31. The van der Waals surface area contributed by atoms with Crippen LogP contribution in [0.1, 0.15) is 18.0 Å². The maximum atomic E-state index is 8.82. The molecule has 0 spiro atoms. The molecule has 0 aliphatic rings. The van der Waals surface area contributed by atoms with Gasteiger partial charge in [-0.15, -0.1) is 0 Å². The van der Waals surface area contributed by atoms with Gasteiger partial charge in [-0.2, -0.15) is 0 Å². The standard InChI is InChI=1S/C12H18ClNO2/c1-16-9-6-12(14-7-8-15)10-2-4-11(13)5-3-10/h2-5,12,14-15H,6-9H2,1H3. The fourth-order valence-corrected chi connectivity index (χ4v) is 1.68. The molecular formula is C12H18ClNO2. The van der Waals surface area contributed by atoms with Crippen molar-refractivity contribution in [1.82, 2.24) is 5.32 Å². The van der Waals surface area contributed by atoms with E-state index in [2.05, 4.69) is 5.32 Å². The number of rotatable bonds is 7. The molecule has 16 heavy (non-hydrogen) atoms. The van der Waals surface area contributed by atoms with Crippen LogP contribution in [0.5, 0.6) is 0 Å². The van der Waals surface area contributed by atoms with E-state index in [1.165, 1.54) is 0 Å². The summed E-state index contributed by atoms with van der Waals surface area (Å²) < 4.78 is 5.07. The molecular weight excluding hydrogens is 226 g/mol. The molecule has 90 valence electrons. The van der Waals surface area contributed by atoms with Crippen LogP contribution in [0.3, 0.4) is 0 Å². The van der Waals surface area contributed by atoms with Gasteiger partial charge in [0.1, 0.15) is 0 Å². The minimum atomic E-state index is 0.136. The van der Waals surface area contributed by atoms with Crippen molar-refractivity contribution in [3.8, 4) is 0 Å². The normalized spacial score (nSPS) is 12.7. The second-order valence-electron chi connectivity index (χ2n) is 3.56. The largest absolute Gasteiger partial charge is 0.395 e. The predicted octanol–water partition coefficient (Wildman–Crippen LogP) is 2.00. The first-order valence-electron chi connectivity index (χ1n) is 5.36. The number of hydrogen-bond donors (Lipinski definition) is 2. The van der Waals surface area contributed by atoms with Crippen molar-refractivity contribution < 1.29 is 9.84 Å². The molecule has 0 heterocycles. The minimum Gasteiger partial charge on any atom is -0.395 e. The Morgan fingerprint density at radius 1 is 1.38 bits per heavy atom. The van der Waals surface area contributed by atoms with Gasteiger partial charge in [0.25, 0.3) is 0 Å². The van der Waals surface area contributed by atoms with Crippen LogP contribution >= 0.6 is 11.6 Å². The Balaban J connectivity index is 2.62. The highest BCUT2D eigenvalue weighted by molar-refractivity contribution is 6.30. The molecule has 0 aromatic heterocycles. The first kappa shape index (κ1) is 13.5. The zero-order valence-electron chi connectivity index (χ0n) is 9.45. The molecule has 0 bridgehead atoms. The Hall–Kier alpha value is -0.610. The topological polar surface area (TPSA) is 41.5 Å². The van der Waals surface area contributed by atoms with E-state index >= 15 is 0 Å². The molecule has 1 unspecified atom stereocenters. The molecule has 0 aliphatic heterocycles. The van der Waals surface area contributed by atoms with E-state index in [0.29, 0.717) is 13.2 Å². The van der Waals surface area contributed by atoms with Crippen molar-refractivity contribution in [2.45, 2.75) is 12.5 Å². The van der Waals surface area contributed by atoms with E-state index in [9.17, 15) is 0 Å². The van der Waals surface area contributed by atoms with Crippen molar-refractivity contribution in [1.29, 1.82) is 0 Å². The molecule has 1 atom stereocenters. The Bertz CT molecular complexity index is 282. The SMILES string of the molecule is COCCC(NCCO)c1ccc(Cl)cc1. The Morgan fingerprint density at radius 2 is 2.06 bits per heavy atom. The lowest BCUT2D eigenvalue weighted by molar-refractivity contribution is 0.180. The quantitative estimate of drug-likeness (QED) is 0.770. The van der Waals surface area contributed by atoms with Gasteiger partial charge in [-0.25, -0.2) is 0 Å². The molecule has 0 aliphatic carbocycles. The van der Waals surface area contributed by atoms with Gasteiger partial charge in [-0.1, -0.05) is 23.7 Å². The van der Waals surface area contributed by atoms with Gasteiger partial charge < -0.3 is 15.2 Å². The molecule has 1 rings (SSSR count). The van der Waals surface area contributed by atoms with Gasteiger partial charge in [-0.3, -0.25) is 0 Å². The number of aliphatic hydroxyl groups excluding tert-OH is 1. The number of halogens is 1. The summed E-state index contributed by atoms with van der Waals surface area (Å²) in [4.78, 5) is 0. The second-order valence-corrected chi connectivity index (χ2v) is 4.00. The fourth-order valence-electron chi connectivity index (χ4n) is 1.56. The lowest BCUT2D eigenvalue weighted by Gasteiger charge is -2.18. The summed E-state index contributed by atoms with van der Waals surface area (Å²) in [6, 6.07) is 7.93. The second kappa shape index (κ2) is 7.63. The summed E-state index contributed by atoms with van der Waals surface area (Å²) in [6.45, 7) is 1.40. The van der Waals surface area contributed by atoms with Crippen molar-refractivity contribution in [2.75, 3.05) is 26.9 Å². The predicted molar refractivity (Wildman–Crippen MR) is 65.8 cm³/mol. The summed E-state index contributed by atoms with van der Waals surface area (Å²) in [5.74, 6) is 0. The Morgan fingerprint density at radius 3 is 2.62 bits per heavy atom. The van der Waals surface area contributed by atoms with E-state index in [-0.39, 0.29) is 12.6 Å². The third kappa shape index (κ3) is 4.49. The fraction of sp³-hybridized carbons (Fsp3) is 0.500. The van der Waals surface area contributed by atoms with Crippen LogP contribution in [0.2, 0.25) is 5.02 Å². The third-order valence-corrected chi connectivity index (χ3v) is 2.64. The molecule has 0 saturated heterocycles. The van der Waals surface area contributed by atoms with Gasteiger partial charge in [0.05, 0.1) is 6.61 Å². The minimum absolute atomic E-state index is 0.136. The zero-order valence-corrected chi connectivity index (χ0v) is 10.2.